The second kappa shape index (κ2) is 8.57. The lowest BCUT2D eigenvalue weighted by Gasteiger charge is -2.27. The van der Waals surface area contributed by atoms with Crippen LogP contribution >= 0.6 is 7.60 Å². The van der Waals surface area contributed by atoms with E-state index in [0.717, 1.165) is 10.9 Å². The minimum absolute atomic E-state index is 0.583. The van der Waals surface area contributed by atoms with Crippen molar-refractivity contribution < 1.29 is 27.9 Å². The number of aromatic amines is 1. The number of hydrogen-bond donors (Lipinski definition) is 2. The van der Waals surface area contributed by atoms with E-state index in [1.54, 1.807) is 27.0 Å². The summed E-state index contributed by atoms with van der Waals surface area (Å²) in [5.74, 6) is -2.81. The predicted octanol–water partition coefficient (Wildman–Crippen LogP) is 3.18. The lowest BCUT2D eigenvalue weighted by molar-refractivity contribution is -0.162. The minimum Gasteiger partial charge on any atom is -0.459 e. The van der Waals surface area contributed by atoms with Gasteiger partial charge in [0.1, 0.15) is 17.7 Å². The zero-order chi connectivity index (χ0) is 21.1. The van der Waals surface area contributed by atoms with E-state index in [9.17, 15) is 14.2 Å². The Hall–Kier alpha value is -1.99. The predicted molar refractivity (Wildman–Crippen MR) is 106 cm³/mol. The maximum absolute atomic E-state index is 13.0. The minimum atomic E-state index is -3.67. The Kier molecular flexibility index (Phi) is 6.83. The second-order valence-corrected chi connectivity index (χ2v) is 9.70. The van der Waals surface area contributed by atoms with E-state index in [-0.39, 0.29) is 0 Å². The van der Waals surface area contributed by atoms with Crippen molar-refractivity contribution in [3.63, 3.8) is 0 Å². The van der Waals surface area contributed by atoms with E-state index >= 15 is 0 Å². The summed E-state index contributed by atoms with van der Waals surface area (Å²) in [6.07, 6.45) is 1.08. The summed E-state index contributed by atoms with van der Waals surface area (Å²) in [5, 5.41) is 0.790. The maximum atomic E-state index is 13.0. The number of ketones is 1. The first kappa shape index (κ1) is 22.3. The Morgan fingerprint density at radius 1 is 1.18 bits per heavy atom. The van der Waals surface area contributed by atoms with Crippen molar-refractivity contribution in [2.24, 2.45) is 11.7 Å². The van der Waals surface area contributed by atoms with Gasteiger partial charge >= 0.3 is 13.6 Å². The normalized spacial score (nSPS) is 14.6. The number of carbonyl (C=O) groups is 2. The molecule has 0 amide bonds. The van der Waals surface area contributed by atoms with Gasteiger partial charge in [-0.05, 0) is 32.4 Å². The molecule has 0 saturated heterocycles. The second-order valence-electron chi connectivity index (χ2n) is 7.43. The summed E-state index contributed by atoms with van der Waals surface area (Å²) in [5.41, 5.74) is 6.95. The van der Waals surface area contributed by atoms with Crippen molar-refractivity contribution in [3.05, 3.63) is 36.0 Å². The molecule has 3 N–H and O–H groups in total. The number of aromatic nitrogens is 1. The van der Waals surface area contributed by atoms with Gasteiger partial charge in [0.25, 0.3) is 0 Å². The largest absolute Gasteiger partial charge is 0.459 e. The van der Waals surface area contributed by atoms with Crippen LogP contribution in [0, 0.1) is 5.92 Å². The molecule has 2 rings (SSSR count). The van der Waals surface area contributed by atoms with Crippen LogP contribution in [0.5, 0.6) is 0 Å². The van der Waals surface area contributed by atoms with Crippen LogP contribution in [0.2, 0.25) is 0 Å². The third-order valence-corrected chi connectivity index (χ3v) is 6.06. The molecule has 0 radical (unpaired) electrons. The average Bonchev–Trinajstić information content (AvgIpc) is 3.04. The fourth-order valence-corrected chi connectivity index (χ4v) is 3.87. The topological polar surface area (TPSA) is 121 Å². The first-order valence-electron chi connectivity index (χ1n) is 8.79. The highest BCUT2D eigenvalue weighted by Crippen LogP contribution is 2.47. The molecule has 1 aromatic carbocycles. The molecule has 0 aliphatic carbocycles. The zero-order valence-electron chi connectivity index (χ0n) is 16.7. The highest BCUT2D eigenvalue weighted by atomic mass is 31.2. The van der Waals surface area contributed by atoms with Crippen molar-refractivity contribution in [1.82, 2.24) is 4.98 Å². The molecule has 1 aromatic heterocycles. The van der Waals surface area contributed by atoms with Gasteiger partial charge < -0.3 is 24.5 Å². The quantitative estimate of drug-likeness (QED) is 0.389. The van der Waals surface area contributed by atoms with Crippen LogP contribution in [0.3, 0.4) is 0 Å². The summed E-state index contributed by atoms with van der Waals surface area (Å²) in [4.78, 5) is 28.9. The van der Waals surface area contributed by atoms with Crippen molar-refractivity contribution in [1.29, 1.82) is 0 Å². The van der Waals surface area contributed by atoms with Crippen molar-refractivity contribution in [2.45, 2.75) is 32.4 Å². The van der Waals surface area contributed by atoms with Crippen LogP contribution < -0.4 is 5.73 Å². The number of ether oxygens (including phenoxy) is 1. The molecule has 0 aliphatic heterocycles. The number of nitrogens with two attached hydrogens (primary N) is 1. The van der Waals surface area contributed by atoms with Gasteiger partial charge in [-0.25, -0.2) is 0 Å². The Morgan fingerprint density at radius 3 is 2.36 bits per heavy atom. The fraction of sp³-hybridized carbons (Fsp3) is 0.474. The molecular weight excluding hydrogens is 383 g/mol. The molecule has 0 saturated carbocycles. The van der Waals surface area contributed by atoms with Crippen LogP contribution in [-0.2, 0) is 27.9 Å². The molecule has 154 valence electrons. The van der Waals surface area contributed by atoms with Gasteiger partial charge in [-0.1, -0.05) is 18.2 Å². The Bertz CT molecular complexity index is 893. The number of benzene rings is 1. The van der Waals surface area contributed by atoms with Crippen molar-refractivity contribution in [3.8, 4) is 0 Å². The SMILES string of the molecule is COP(=O)(CC(=O)C(C(=O)OC(C)(C)C)C(N)c1c[nH]c2ccccc12)OC. The fourth-order valence-electron chi connectivity index (χ4n) is 2.89. The number of carbonyl (C=O) groups excluding carboxylic acids is 2. The molecule has 28 heavy (non-hydrogen) atoms. The molecule has 2 atom stereocenters. The summed E-state index contributed by atoms with van der Waals surface area (Å²) >= 11 is 0. The molecule has 2 unspecified atom stereocenters. The van der Waals surface area contributed by atoms with E-state index in [1.807, 2.05) is 24.3 Å². The highest BCUT2D eigenvalue weighted by molar-refractivity contribution is 7.54. The van der Waals surface area contributed by atoms with Crippen LogP contribution in [0.15, 0.2) is 30.5 Å². The molecule has 8 nitrogen and oxygen atoms in total. The van der Waals surface area contributed by atoms with E-state index in [4.69, 9.17) is 19.5 Å². The van der Waals surface area contributed by atoms with Crippen LogP contribution in [0.25, 0.3) is 10.9 Å². The Balaban J connectivity index is 2.43. The van der Waals surface area contributed by atoms with Gasteiger partial charge in [-0.15, -0.1) is 0 Å². The van der Waals surface area contributed by atoms with E-state index in [0.29, 0.717) is 5.56 Å². The van der Waals surface area contributed by atoms with Gasteiger partial charge in [-0.3, -0.25) is 14.2 Å². The average molecular weight is 410 g/mol. The van der Waals surface area contributed by atoms with E-state index < -0.39 is 43.1 Å². The summed E-state index contributed by atoms with van der Waals surface area (Å²) in [7, 11) is -1.31. The number of nitrogens with one attached hydrogen (secondary N) is 1. The maximum Gasteiger partial charge on any atom is 0.337 e. The highest BCUT2D eigenvalue weighted by Gasteiger charge is 2.41. The van der Waals surface area contributed by atoms with Gasteiger partial charge in [0.15, 0.2) is 5.78 Å². The number of Topliss-reactive ketones (excluding diaryl/α,β-unsaturated/α-hetero) is 1. The standard InChI is InChI=1S/C19H27N2O6P/c1-19(2,3)27-18(23)16(15(22)11-28(24,25-4)26-5)17(20)13-10-21-14-9-7-6-8-12(13)14/h6-10,16-17,21H,11,20H2,1-5H3. The van der Waals surface area contributed by atoms with Crippen LogP contribution in [0.1, 0.15) is 32.4 Å². The molecule has 0 fully saturated rings. The molecule has 1 heterocycles. The Labute approximate surface area is 164 Å². The van der Waals surface area contributed by atoms with Gasteiger partial charge in [0.05, 0.1) is 6.04 Å². The van der Waals surface area contributed by atoms with Crippen LogP contribution in [0.4, 0.5) is 0 Å². The summed E-state index contributed by atoms with van der Waals surface area (Å²) in [6, 6.07) is 6.40. The Morgan fingerprint density at radius 2 is 1.79 bits per heavy atom. The number of esters is 1. The molecule has 0 bridgehead atoms. The van der Waals surface area contributed by atoms with Crippen LogP contribution in [-0.4, -0.2) is 42.7 Å². The third kappa shape index (κ3) is 5.08. The lowest BCUT2D eigenvalue weighted by Crippen LogP contribution is -2.40. The summed E-state index contributed by atoms with van der Waals surface area (Å²) < 4.78 is 27.5. The van der Waals surface area contributed by atoms with Gasteiger partial charge in [0.2, 0.25) is 0 Å². The smallest absolute Gasteiger partial charge is 0.337 e. The number of hydrogen-bond acceptors (Lipinski definition) is 7. The monoisotopic (exact) mass is 410 g/mol. The molecule has 2 aromatic rings. The first-order chi connectivity index (χ1) is 13.0. The number of H-pyrrole nitrogens is 1. The van der Waals surface area contributed by atoms with Gasteiger partial charge in [-0.2, -0.15) is 0 Å². The number of para-hydroxylation sites is 1. The number of rotatable bonds is 8. The third-order valence-electron chi connectivity index (χ3n) is 4.25. The zero-order valence-corrected chi connectivity index (χ0v) is 17.6. The molecule has 0 aliphatic rings. The van der Waals surface area contributed by atoms with Gasteiger partial charge in [0, 0.05) is 31.3 Å². The van der Waals surface area contributed by atoms with Crippen molar-refractivity contribution in [2.75, 3.05) is 20.4 Å². The lowest BCUT2D eigenvalue weighted by atomic mass is 9.90. The van der Waals surface area contributed by atoms with E-state index in [1.165, 1.54) is 14.2 Å². The van der Waals surface area contributed by atoms with Crippen molar-refractivity contribution >= 4 is 30.3 Å². The first-order valence-corrected chi connectivity index (χ1v) is 10.5. The summed E-state index contributed by atoms with van der Waals surface area (Å²) in [6.45, 7) is 5.08. The number of fused-ring (bicyclic) bond motifs is 1. The molecule has 9 heteroatoms. The molecular formula is C19H27N2O6P. The molecule has 0 spiro atoms. The van der Waals surface area contributed by atoms with E-state index in [2.05, 4.69) is 4.98 Å².